The molecular weight excluding hydrogens is 180 g/mol. The summed E-state index contributed by atoms with van der Waals surface area (Å²) >= 11 is 0. The monoisotopic (exact) mass is 194 g/mol. The number of aryl methyl sites for hydroxylation is 2. The highest BCUT2D eigenvalue weighted by atomic mass is 16.6. The van der Waals surface area contributed by atoms with Crippen molar-refractivity contribution in [3.63, 3.8) is 0 Å². The van der Waals surface area contributed by atoms with Crippen LogP contribution in [0.4, 0.5) is 0 Å². The fourth-order valence-corrected chi connectivity index (χ4v) is 0.947. The minimum absolute atomic E-state index is 0.310. The maximum atomic E-state index is 11.4. The second-order valence-corrected chi connectivity index (χ2v) is 2.96. The van der Waals surface area contributed by atoms with Crippen LogP contribution in [0.3, 0.4) is 0 Å². The fourth-order valence-electron chi connectivity index (χ4n) is 0.947. The van der Waals surface area contributed by atoms with Crippen LogP contribution in [0.15, 0.2) is 12.1 Å². The van der Waals surface area contributed by atoms with E-state index in [2.05, 4.69) is 10.5 Å². The Balaban J connectivity index is 2.76. The summed E-state index contributed by atoms with van der Waals surface area (Å²) in [7, 11) is 0. The van der Waals surface area contributed by atoms with Gasteiger partial charge in [0.05, 0.1) is 6.61 Å². The van der Waals surface area contributed by atoms with Crippen molar-refractivity contribution in [3.05, 3.63) is 29.1 Å². The topological polar surface area (TPSA) is 51.2 Å². The first kappa shape index (κ1) is 10.7. The van der Waals surface area contributed by atoms with Crippen LogP contribution >= 0.6 is 0 Å². The normalized spacial score (nSPS) is 9.93. The Bertz CT molecular complexity index is 337. The van der Waals surface area contributed by atoms with Crippen LogP contribution in [0.5, 0.6) is 0 Å². The van der Waals surface area contributed by atoms with Gasteiger partial charge in [0.15, 0.2) is 0 Å². The largest absolute Gasteiger partial charge is 0.293 e. The molecule has 0 aliphatic heterocycles. The zero-order chi connectivity index (χ0) is 10.6. The molecular formula is C10H14N2O2. The summed E-state index contributed by atoms with van der Waals surface area (Å²) in [6.07, 6.45) is 0. The van der Waals surface area contributed by atoms with E-state index >= 15 is 0 Å². The van der Waals surface area contributed by atoms with E-state index in [4.69, 9.17) is 4.84 Å². The van der Waals surface area contributed by atoms with E-state index in [1.807, 2.05) is 19.9 Å². The quantitative estimate of drug-likeness (QED) is 0.739. The number of aromatic nitrogens is 1. The number of hydroxylamine groups is 1. The molecule has 0 aliphatic carbocycles. The van der Waals surface area contributed by atoms with Crippen molar-refractivity contribution in [1.29, 1.82) is 0 Å². The van der Waals surface area contributed by atoms with Crippen LogP contribution in [0, 0.1) is 13.8 Å². The van der Waals surface area contributed by atoms with Gasteiger partial charge in [-0.3, -0.25) is 9.63 Å². The first-order chi connectivity index (χ1) is 6.65. The van der Waals surface area contributed by atoms with Crippen LogP contribution in [0.25, 0.3) is 0 Å². The minimum atomic E-state index is -0.310. The highest BCUT2D eigenvalue weighted by molar-refractivity contribution is 5.91. The van der Waals surface area contributed by atoms with Gasteiger partial charge in [0.2, 0.25) is 0 Å². The SMILES string of the molecule is CCONC(=O)c1ccc(C)c(C)n1. The third kappa shape index (κ3) is 2.53. The van der Waals surface area contributed by atoms with E-state index < -0.39 is 0 Å². The first-order valence-corrected chi connectivity index (χ1v) is 4.51. The molecule has 4 heteroatoms. The van der Waals surface area contributed by atoms with Gasteiger partial charge in [-0.25, -0.2) is 10.5 Å². The molecule has 1 N–H and O–H groups in total. The molecule has 0 bridgehead atoms. The highest BCUT2D eigenvalue weighted by Crippen LogP contribution is 2.04. The second-order valence-electron chi connectivity index (χ2n) is 2.96. The highest BCUT2D eigenvalue weighted by Gasteiger charge is 2.07. The number of pyridine rings is 1. The Morgan fingerprint density at radius 2 is 2.21 bits per heavy atom. The summed E-state index contributed by atoms with van der Waals surface area (Å²) in [6.45, 7) is 6.06. The van der Waals surface area contributed by atoms with Crippen LogP contribution in [0.2, 0.25) is 0 Å². The summed E-state index contributed by atoms with van der Waals surface area (Å²) in [5.41, 5.74) is 4.59. The lowest BCUT2D eigenvalue weighted by Gasteiger charge is -2.04. The summed E-state index contributed by atoms with van der Waals surface area (Å²) in [6, 6.07) is 3.54. The van der Waals surface area contributed by atoms with Crippen molar-refractivity contribution < 1.29 is 9.63 Å². The Kier molecular flexibility index (Phi) is 3.59. The molecule has 0 radical (unpaired) electrons. The van der Waals surface area contributed by atoms with Crippen molar-refractivity contribution in [1.82, 2.24) is 10.5 Å². The van der Waals surface area contributed by atoms with Crippen LogP contribution in [0.1, 0.15) is 28.7 Å². The molecule has 4 nitrogen and oxygen atoms in total. The lowest BCUT2D eigenvalue weighted by atomic mass is 10.2. The number of carbonyl (C=O) groups is 1. The smallest absolute Gasteiger partial charge is 0.274 e. The molecule has 1 aromatic rings. The van der Waals surface area contributed by atoms with Gasteiger partial charge in [-0.05, 0) is 32.4 Å². The maximum absolute atomic E-state index is 11.4. The Morgan fingerprint density at radius 1 is 1.50 bits per heavy atom. The molecule has 76 valence electrons. The predicted octanol–water partition coefficient (Wildman–Crippen LogP) is 1.38. The van der Waals surface area contributed by atoms with Crippen molar-refractivity contribution in [2.45, 2.75) is 20.8 Å². The molecule has 1 amide bonds. The third-order valence-electron chi connectivity index (χ3n) is 1.89. The van der Waals surface area contributed by atoms with Crippen molar-refractivity contribution in [2.24, 2.45) is 0 Å². The molecule has 1 aromatic heterocycles. The van der Waals surface area contributed by atoms with E-state index in [0.717, 1.165) is 11.3 Å². The number of rotatable bonds is 3. The summed E-state index contributed by atoms with van der Waals surface area (Å²) in [5, 5.41) is 0. The molecule has 0 saturated carbocycles. The van der Waals surface area contributed by atoms with Gasteiger partial charge in [0.25, 0.3) is 5.91 Å². The Hall–Kier alpha value is -1.42. The Morgan fingerprint density at radius 3 is 2.79 bits per heavy atom. The first-order valence-electron chi connectivity index (χ1n) is 4.51. The minimum Gasteiger partial charge on any atom is -0.274 e. The molecule has 0 saturated heterocycles. The average Bonchev–Trinajstić information content (AvgIpc) is 2.18. The van der Waals surface area contributed by atoms with Crippen molar-refractivity contribution in [2.75, 3.05) is 6.61 Å². The lowest BCUT2D eigenvalue weighted by molar-refractivity contribution is 0.0360. The van der Waals surface area contributed by atoms with Gasteiger partial charge in [0.1, 0.15) is 5.69 Å². The molecule has 0 aliphatic rings. The zero-order valence-electron chi connectivity index (χ0n) is 8.63. The third-order valence-corrected chi connectivity index (χ3v) is 1.89. The number of nitrogens with zero attached hydrogens (tertiary/aromatic N) is 1. The molecule has 1 rings (SSSR count). The van der Waals surface area contributed by atoms with E-state index in [1.54, 1.807) is 13.0 Å². The summed E-state index contributed by atoms with van der Waals surface area (Å²) < 4.78 is 0. The number of hydrogen-bond acceptors (Lipinski definition) is 3. The molecule has 0 unspecified atom stereocenters. The van der Waals surface area contributed by atoms with Gasteiger partial charge in [-0.15, -0.1) is 0 Å². The van der Waals surface area contributed by atoms with Gasteiger partial charge < -0.3 is 0 Å². The predicted molar refractivity (Wildman–Crippen MR) is 52.8 cm³/mol. The zero-order valence-corrected chi connectivity index (χ0v) is 8.63. The van der Waals surface area contributed by atoms with Gasteiger partial charge >= 0.3 is 0 Å². The molecule has 0 spiro atoms. The van der Waals surface area contributed by atoms with E-state index in [9.17, 15) is 4.79 Å². The van der Waals surface area contributed by atoms with Crippen molar-refractivity contribution in [3.8, 4) is 0 Å². The van der Waals surface area contributed by atoms with Crippen molar-refractivity contribution >= 4 is 5.91 Å². The van der Waals surface area contributed by atoms with Gasteiger partial charge in [-0.1, -0.05) is 6.07 Å². The lowest BCUT2D eigenvalue weighted by Crippen LogP contribution is -2.24. The molecule has 0 aromatic carbocycles. The molecule has 0 fully saturated rings. The summed E-state index contributed by atoms with van der Waals surface area (Å²) in [4.78, 5) is 20.3. The van der Waals surface area contributed by atoms with Crippen LogP contribution in [-0.2, 0) is 4.84 Å². The second kappa shape index (κ2) is 4.72. The summed E-state index contributed by atoms with van der Waals surface area (Å²) in [5.74, 6) is -0.310. The van der Waals surface area contributed by atoms with Crippen LogP contribution < -0.4 is 5.48 Å². The molecule has 0 atom stereocenters. The molecule has 1 heterocycles. The van der Waals surface area contributed by atoms with Gasteiger partial charge in [-0.2, -0.15) is 0 Å². The van der Waals surface area contributed by atoms with E-state index in [-0.39, 0.29) is 5.91 Å². The average molecular weight is 194 g/mol. The molecule has 14 heavy (non-hydrogen) atoms. The number of hydrogen-bond donors (Lipinski definition) is 1. The number of carbonyl (C=O) groups excluding carboxylic acids is 1. The van der Waals surface area contributed by atoms with Gasteiger partial charge in [0, 0.05) is 5.69 Å². The van der Waals surface area contributed by atoms with E-state index in [1.165, 1.54) is 0 Å². The standard InChI is InChI=1S/C10H14N2O2/c1-4-14-12-10(13)9-6-5-7(2)8(3)11-9/h5-6H,4H2,1-3H3,(H,12,13). The number of amides is 1. The van der Waals surface area contributed by atoms with E-state index in [0.29, 0.717) is 12.3 Å². The maximum Gasteiger partial charge on any atom is 0.293 e. The number of nitrogens with one attached hydrogen (secondary N) is 1. The van der Waals surface area contributed by atoms with Crippen LogP contribution in [-0.4, -0.2) is 17.5 Å². The Labute approximate surface area is 83.3 Å². The fraction of sp³-hybridized carbons (Fsp3) is 0.400.